The van der Waals surface area contributed by atoms with Crippen molar-refractivity contribution in [3.05, 3.63) is 29.8 Å². The van der Waals surface area contributed by atoms with Crippen LogP contribution in [0.5, 0.6) is 0 Å². The molecule has 2 aromatic rings. The molecule has 0 radical (unpaired) electrons. The number of hydrogen-bond acceptors (Lipinski definition) is 3. The van der Waals surface area contributed by atoms with Gasteiger partial charge in [0.1, 0.15) is 5.76 Å². The number of aromatic carboxylic acids is 1. The molecule has 0 bridgehead atoms. The van der Waals surface area contributed by atoms with Crippen LogP contribution in [0.2, 0.25) is 0 Å². The van der Waals surface area contributed by atoms with Crippen molar-refractivity contribution in [2.75, 3.05) is 0 Å². The number of nitrogens with zero attached hydrogens (tertiary/aromatic N) is 2. The number of furan rings is 1. The molecular formula is C12H14N2O3. The minimum atomic E-state index is -1.06. The van der Waals surface area contributed by atoms with Gasteiger partial charge >= 0.3 is 5.97 Å². The average Bonchev–Trinajstić information content (AvgIpc) is 2.85. The van der Waals surface area contributed by atoms with Crippen LogP contribution in [0.15, 0.2) is 22.7 Å². The van der Waals surface area contributed by atoms with Crippen LogP contribution in [0.3, 0.4) is 0 Å². The fraction of sp³-hybridized carbons (Fsp3) is 0.333. The molecule has 0 aliphatic heterocycles. The second-order valence-corrected chi connectivity index (χ2v) is 3.88. The fourth-order valence-electron chi connectivity index (χ4n) is 1.76. The molecule has 0 aromatic carbocycles. The minimum absolute atomic E-state index is 0.0497. The number of carbonyl (C=O) groups is 1. The van der Waals surface area contributed by atoms with Crippen LogP contribution in [0.25, 0.3) is 11.3 Å². The van der Waals surface area contributed by atoms with Crippen LogP contribution in [0.1, 0.15) is 29.6 Å². The van der Waals surface area contributed by atoms with Gasteiger partial charge in [0.15, 0.2) is 0 Å². The Labute approximate surface area is 98.7 Å². The highest BCUT2D eigenvalue weighted by atomic mass is 16.4. The van der Waals surface area contributed by atoms with E-state index in [1.165, 1.54) is 6.07 Å². The van der Waals surface area contributed by atoms with Crippen molar-refractivity contribution in [1.29, 1.82) is 0 Å². The lowest BCUT2D eigenvalue weighted by molar-refractivity contribution is 0.0663. The first-order valence-corrected chi connectivity index (χ1v) is 5.48. The first-order chi connectivity index (χ1) is 8.11. The number of rotatable bonds is 4. The van der Waals surface area contributed by atoms with E-state index >= 15 is 0 Å². The normalized spacial score (nSPS) is 10.7. The molecule has 0 amide bonds. The summed E-state index contributed by atoms with van der Waals surface area (Å²) in [6, 6.07) is 3.13. The molecule has 2 rings (SSSR count). The second-order valence-electron chi connectivity index (χ2n) is 3.88. The number of carboxylic acids is 1. The summed E-state index contributed by atoms with van der Waals surface area (Å²) in [6.45, 7) is 2.07. The van der Waals surface area contributed by atoms with Crippen molar-refractivity contribution in [2.45, 2.75) is 19.8 Å². The molecule has 0 saturated heterocycles. The summed E-state index contributed by atoms with van der Waals surface area (Å²) >= 11 is 0. The number of aryl methyl sites for hydroxylation is 2. The lowest BCUT2D eigenvalue weighted by Gasteiger charge is -1.96. The number of hydrogen-bond donors (Lipinski definition) is 1. The van der Waals surface area contributed by atoms with Crippen molar-refractivity contribution in [3.8, 4) is 11.3 Å². The maximum atomic E-state index is 10.7. The van der Waals surface area contributed by atoms with Gasteiger partial charge in [-0.2, -0.15) is 5.10 Å². The summed E-state index contributed by atoms with van der Waals surface area (Å²) in [6.07, 6.45) is 3.67. The average molecular weight is 234 g/mol. The van der Waals surface area contributed by atoms with Gasteiger partial charge in [-0.15, -0.1) is 0 Å². The highest BCUT2D eigenvalue weighted by Crippen LogP contribution is 2.25. The molecule has 5 nitrogen and oxygen atoms in total. The highest BCUT2D eigenvalue weighted by molar-refractivity contribution is 5.85. The Balaban J connectivity index is 2.40. The van der Waals surface area contributed by atoms with Crippen molar-refractivity contribution < 1.29 is 14.3 Å². The summed E-state index contributed by atoms with van der Waals surface area (Å²) in [5.41, 5.74) is 1.79. The minimum Gasteiger partial charge on any atom is -0.475 e. The Morgan fingerprint density at radius 1 is 1.53 bits per heavy atom. The van der Waals surface area contributed by atoms with Gasteiger partial charge in [0.05, 0.1) is 11.3 Å². The Hall–Kier alpha value is -2.04. The van der Waals surface area contributed by atoms with E-state index in [4.69, 9.17) is 9.52 Å². The largest absolute Gasteiger partial charge is 0.475 e. The molecule has 0 atom stereocenters. The van der Waals surface area contributed by atoms with E-state index in [1.54, 1.807) is 10.7 Å². The Kier molecular flexibility index (Phi) is 2.99. The van der Waals surface area contributed by atoms with Gasteiger partial charge in [-0.1, -0.05) is 13.3 Å². The third-order valence-corrected chi connectivity index (χ3v) is 2.47. The van der Waals surface area contributed by atoms with Crippen molar-refractivity contribution in [2.24, 2.45) is 7.05 Å². The Morgan fingerprint density at radius 2 is 2.29 bits per heavy atom. The molecule has 0 unspecified atom stereocenters. The van der Waals surface area contributed by atoms with Gasteiger partial charge in [0.2, 0.25) is 5.76 Å². The lowest BCUT2D eigenvalue weighted by Crippen LogP contribution is -1.92. The van der Waals surface area contributed by atoms with Crippen LogP contribution >= 0.6 is 0 Å². The van der Waals surface area contributed by atoms with Gasteiger partial charge in [0.25, 0.3) is 0 Å². The standard InChI is InChI=1S/C12H14N2O3/c1-3-4-9-8(7-14(2)13-9)10-5-6-11(17-10)12(15)16/h5-7H,3-4H2,1-2H3,(H,15,16). The summed E-state index contributed by atoms with van der Waals surface area (Å²) in [5, 5.41) is 13.1. The maximum Gasteiger partial charge on any atom is 0.371 e. The van der Waals surface area contributed by atoms with E-state index < -0.39 is 5.97 Å². The third-order valence-electron chi connectivity index (χ3n) is 2.47. The van der Waals surface area contributed by atoms with Crippen LogP contribution in [-0.4, -0.2) is 20.9 Å². The number of aromatic nitrogens is 2. The molecule has 0 fully saturated rings. The molecule has 0 spiro atoms. The molecule has 0 saturated carbocycles. The molecule has 0 aliphatic carbocycles. The van der Waals surface area contributed by atoms with Gasteiger partial charge in [-0.25, -0.2) is 4.79 Å². The molecule has 1 N–H and O–H groups in total. The molecular weight excluding hydrogens is 220 g/mol. The smallest absolute Gasteiger partial charge is 0.371 e. The summed E-state index contributed by atoms with van der Waals surface area (Å²) < 4.78 is 6.99. The monoisotopic (exact) mass is 234 g/mol. The van der Waals surface area contributed by atoms with Crippen molar-refractivity contribution in [3.63, 3.8) is 0 Å². The predicted molar refractivity (Wildman–Crippen MR) is 61.9 cm³/mol. The first-order valence-electron chi connectivity index (χ1n) is 5.48. The van der Waals surface area contributed by atoms with Crippen LogP contribution in [0, 0.1) is 0 Å². The Bertz CT molecular complexity index is 540. The van der Waals surface area contributed by atoms with E-state index in [2.05, 4.69) is 12.0 Å². The van der Waals surface area contributed by atoms with E-state index in [0.29, 0.717) is 5.76 Å². The van der Waals surface area contributed by atoms with Crippen molar-refractivity contribution in [1.82, 2.24) is 9.78 Å². The molecule has 0 aliphatic rings. The van der Waals surface area contributed by atoms with Crippen LogP contribution in [-0.2, 0) is 13.5 Å². The molecule has 90 valence electrons. The molecule has 2 aromatic heterocycles. The molecule has 5 heteroatoms. The fourth-order valence-corrected chi connectivity index (χ4v) is 1.76. The topological polar surface area (TPSA) is 68.3 Å². The molecule has 17 heavy (non-hydrogen) atoms. The Morgan fingerprint density at radius 3 is 2.88 bits per heavy atom. The van der Waals surface area contributed by atoms with Gasteiger partial charge in [-0.3, -0.25) is 4.68 Å². The summed E-state index contributed by atoms with van der Waals surface area (Å²) in [4.78, 5) is 10.7. The number of carboxylic acid groups (broad SMARTS) is 1. The summed E-state index contributed by atoms with van der Waals surface area (Å²) in [7, 11) is 1.84. The zero-order valence-corrected chi connectivity index (χ0v) is 9.80. The first kappa shape index (κ1) is 11.4. The van der Waals surface area contributed by atoms with Crippen LogP contribution < -0.4 is 0 Å². The highest BCUT2D eigenvalue weighted by Gasteiger charge is 2.15. The maximum absolute atomic E-state index is 10.7. The predicted octanol–water partition coefficient (Wildman–Crippen LogP) is 2.33. The van der Waals surface area contributed by atoms with Crippen molar-refractivity contribution >= 4 is 5.97 Å². The third kappa shape index (κ3) is 2.22. The van der Waals surface area contributed by atoms with E-state index in [9.17, 15) is 4.79 Å². The van der Waals surface area contributed by atoms with E-state index in [-0.39, 0.29) is 5.76 Å². The van der Waals surface area contributed by atoms with E-state index in [0.717, 1.165) is 24.1 Å². The quantitative estimate of drug-likeness (QED) is 0.881. The lowest BCUT2D eigenvalue weighted by atomic mass is 10.1. The zero-order valence-electron chi connectivity index (χ0n) is 9.80. The summed E-state index contributed by atoms with van der Waals surface area (Å²) in [5.74, 6) is -0.553. The van der Waals surface area contributed by atoms with E-state index in [1.807, 2.05) is 13.2 Å². The zero-order chi connectivity index (χ0) is 12.4. The molecule has 2 heterocycles. The van der Waals surface area contributed by atoms with Gasteiger partial charge in [0, 0.05) is 13.2 Å². The SMILES string of the molecule is CCCc1nn(C)cc1-c1ccc(C(=O)O)o1. The van der Waals surface area contributed by atoms with Gasteiger partial charge in [-0.05, 0) is 18.6 Å². The van der Waals surface area contributed by atoms with Gasteiger partial charge < -0.3 is 9.52 Å². The van der Waals surface area contributed by atoms with Crippen LogP contribution in [0.4, 0.5) is 0 Å². The second kappa shape index (κ2) is 4.45.